The second-order valence-corrected chi connectivity index (χ2v) is 5.10. The summed E-state index contributed by atoms with van der Waals surface area (Å²) in [5.41, 5.74) is -0.354. The highest BCUT2D eigenvalue weighted by molar-refractivity contribution is 7.13. The monoisotopic (exact) mass is 258 g/mol. The van der Waals surface area contributed by atoms with Gasteiger partial charge in [-0.3, -0.25) is 4.79 Å². The van der Waals surface area contributed by atoms with E-state index >= 15 is 0 Å². The van der Waals surface area contributed by atoms with Crippen LogP contribution in [0.15, 0.2) is 5.38 Å². The van der Waals surface area contributed by atoms with E-state index in [0.29, 0.717) is 12.3 Å². The number of ether oxygens (including phenoxy) is 1. The van der Waals surface area contributed by atoms with E-state index in [-0.39, 0.29) is 0 Å². The van der Waals surface area contributed by atoms with Gasteiger partial charge in [-0.25, -0.2) is 4.98 Å². The summed E-state index contributed by atoms with van der Waals surface area (Å²) >= 11 is 1.43. The normalized spacial score (nSPS) is 11.5. The Morgan fingerprint density at radius 1 is 1.65 bits per heavy atom. The summed E-state index contributed by atoms with van der Waals surface area (Å²) in [6, 6.07) is 0. The molecule has 0 aromatic carbocycles. The van der Waals surface area contributed by atoms with E-state index in [0.717, 1.165) is 18.1 Å². The average Bonchev–Trinajstić information content (AvgIpc) is 2.73. The molecule has 0 aliphatic rings. The van der Waals surface area contributed by atoms with Gasteiger partial charge in [-0.2, -0.15) is 0 Å². The van der Waals surface area contributed by atoms with Crippen molar-refractivity contribution in [3.8, 4) is 0 Å². The van der Waals surface area contributed by atoms with Gasteiger partial charge >= 0.3 is 5.97 Å². The van der Waals surface area contributed by atoms with E-state index in [1.165, 1.54) is 11.3 Å². The number of hydrogen-bond acceptors (Lipinski definition) is 5. The summed E-state index contributed by atoms with van der Waals surface area (Å²) in [4.78, 5) is 15.3. The molecular weight excluding hydrogens is 240 g/mol. The van der Waals surface area contributed by atoms with E-state index in [2.05, 4.69) is 10.3 Å². The molecule has 0 saturated carbocycles. The Kier molecular flexibility index (Phi) is 4.89. The second kappa shape index (κ2) is 5.97. The molecular formula is C11H18N2O3S. The van der Waals surface area contributed by atoms with Crippen molar-refractivity contribution in [1.82, 2.24) is 4.98 Å². The Hall–Kier alpha value is -1.14. The Balaban J connectivity index is 2.56. The Labute approximate surface area is 105 Å². The van der Waals surface area contributed by atoms with Gasteiger partial charge in [-0.05, 0) is 20.3 Å². The number of thiazole rings is 1. The molecule has 2 N–H and O–H groups in total. The van der Waals surface area contributed by atoms with Crippen LogP contribution in [-0.2, 0) is 14.9 Å². The molecule has 17 heavy (non-hydrogen) atoms. The van der Waals surface area contributed by atoms with Crippen LogP contribution in [0.3, 0.4) is 0 Å². The Morgan fingerprint density at radius 3 is 2.94 bits per heavy atom. The fourth-order valence-corrected chi connectivity index (χ4v) is 2.07. The molecule has 0 fully saturated rings. The lowest BCUT2D eigenvalue weighted by atomic mass is 9.90. The number of carboxylic acid groups (broad SMARTS) is 1. The lowest BCUT2D eigenvalue weighted by molar-refractivity contribution is -0.142. The van der Waals surface area contributed by atoms with Crippen LogP contribution < -0.4 is 5.32 Å². The van der Waals surface area contributed by atoms with Crippen molar-refractivity contribution in [2.75, 3.05) is 25.6 Å². The first-order chi connectivity index (χ1) is 7.98. The van der Waals surface area contributed by atoms with Crippen LogP contribution in [0.2, 0.25) is 0 Å². The molecule has 0 atom stereocenters. The molecule has 0 bridgehead atoms. The highest BCUT2D eigenvalue weighted by Gasteiger charge is 2.32. The van der Waals surface area contributed by atoms with E-state index in [1.54, 1.807) is 26.3 Å². The molecule has 0 amide bonds. The standard InChI is InChI=1S/C11H18N2O3S/c1-11(2,9(14)15)8-7-17-10(13-8)12-5-4-6-16-3/h7H,4-6H2,1-3H3,(H,12,13)(H,14,15). The van der Waals surface area contributed by atoms with Crippen LogP contribution in [0.25, 0.3) is 0 Å². The van der Waals surface area contributed by atoms with Crippen LogP contribution in [-0.4, -0.2) is 36.3 Å². The largest absolute Gasteiger partial charge is 0.481 e. The minimum atomic E-state index is -0.942. The van der Waals surface area contributed by atoms with E-state index in [1.807, 2.05) is 0 Å². The van der Waals surface area contributed by atoms with Crippen molar-refractivity contribution in [2.45, 2.75) is 25.7 Å². The molecule has 5 nitrogen and oxygen atoms in total. The molecule has 0 saturated heterocycles. The lowest BCUT2D eigenvalue weighted by Crippen LogP contribution is -2.28. The van der Waals surface area contributed by atoms with Gasteiger partial charge in [0.2, 0.25) is 0 Å². The number of aromatic nitrogens is 1. The number of rotatable bonds is 7. The number of carbonyl (C=O) groups is 1. The average molecular weight is 258 g/mol. The van der Waals surface area contributed by atoms with Crippen LogP contribution in [0, 0.1) is 0 Å². The Bertz CT molecular complexity index is 377. The number of anilines is 1. The number of hydrogen-bond donors (Lipinski definition) is 2. The smallest absolute Gasteiger partial charge is 0.315 e. The first kappa shape index (κ1) is 13.9. The highest BCUT2D eigenvalue weighted by Crippen LogP contribution is 2.27. The molecule has 1 aromatic rings. The van der Waals surface area contributed by atoms with Crippen molar-refractivity contribution < 1.29 is 14.6 Å². The van der Waals surface area contributed by atoms with Crippen LogP contribution in [0.4, 0.5) is 5.13 Å². The van der Waals surface area contributed by atoms with Crippen LogP contribution in [0.1, 0.15) is 26.0 Å². The molecule has 1 aromatic heterocycles. The molecule has 0 radical (unpaired) electrons. The van der Waals surface area contributed by atoms with Gasteiger partial charge in [0.05, 0.1) is 5.69 Å². The maximum Gasteiger partial charge on any atom is 0.315 e. The molecule has 0 aliphatic carbocycles. The second-order valence-electron chi connectivity index (χ2n) is 4.24. The summed E-state index contributed by atoms with van der Waals surface area (Å²) in [6.07, 6.45) is 0.897. The molecule has 0 aliphatic heterocycles. The summed E-state index contributed by atoms with van der Waals surface area (Å²) in [5.74, 6) is -0.867. The van der Waals surface area contributed by atoms with E-state index < -0.39 is 11.4 Å². The summed E-state index contributed by atoms with van der Waals surface area (Å²) in [6.45, 7) is 4.78. The zero-order chi connectivity index (χ0) is 12.9. The molecule has 6 heteroatoms. The van der Waals surface area contributed by atoms with Crippen molar-refractivity contribution in [1.29, 1.82) is 0 Å². The predicted molar refractivity (Wildman–Crippen MR) is 67.8 cm³/mol. The fraction of sp³-hybridized carbons (Fsp3) is 0.636. The van der Waals surface area contributed by atoms with Gasteiger partial charge in [0, 0.05) is 25.6 Å². The number of methoxy groups -OCH3 is 1. The molecule has 0 unspecified atom stereocenters. The van der Waals surface area contributed by atoms with Gasteiger partial charge in [-0.15, -0.1) is 11.3 Å². The highest BCUT2D eigenvalue weighted by atomic mass is 32.1. The molecule has 0 spiro atoms. The molecule has 1 rings (SSSR count). The van der Waals surface area contributed by atoms with Crippen molar-refractivity contribution >= 4 is 22.4 Å². The van der Waals surface area contributed by atoms with Crippen LogP contribution >= 0.6 is 11.3 Å². The van der Waals surface area contributed by atoms with Gasteiger partial charge in [0.15, 0.2) is 5.13 Å². The quantitative estimate of drug-likeness (QED) is 0.731. The van der Waals surface area contributed by atoms with Crippen LogP contribution in [0.5, 0.6) is 0 Å². The van der Waals surface area contributed by atoms with Gasteiger partial charge in [0.1, 0.15) is 5.41 Å². The topological polar surface area (TPSA) is 71.5 Å². The summed E-state index contributed by atoms with van der Waals surface area (Å²) in [5, 5.41) is 14.8. The predicted octanol–water partition coefficient (Wildman–Crippen LogP) is 1.95. The summed E-state index contributed by atoms with van der Waals surface area (Å²) in [7, 11) is 1.66. The maximum atomic E-state index is 11.1. The van der Waals surface area contributed by atoms with E-state index in [9.17, 15) is 4.79 Å². The third-order valence-corrected chi connectivity index (χ3v) is 3.28. The Morgan fingerprint density at radius 2 is 2.35 bits per heavy atom. The molecule has 96 valence electrons. The third kappa shape index (κ3) is 3.67. The zero-order valence-corrected chi connectivity index (χ0v) is 11.1. The first-order valence-corrected chi connectivity index (χ1v) is 6.28. The summed E-state index contributed by atoms with van der Waals surface area (Å²) < 4.78 is 4.94. The van der Waals surface area contributed by atoms with Crippen molar-refractivity contribution in [2.24, 2.45) is 0 Å². The lowest BCUT2D eigenvalue weighted by Gasteiger charge is -2.15. The first-order valence-electron chi connectivity index (χ1n) is 5.40. The SMILES string of the molecule is COCCCNc1nc(C(C)(C)C(=O)O)cs1. The maximum absolute atomic E-state index is 11.1. The van der Waals surface area contributed by atoms with Crippen molar-refractivity contribution in [3.05, 3.63) is 11.1 Å². The van der Waals surface area contributed by atoms with Crippen molar-refractivity contribution in [3.63, 3.8) is 0 Å². The van der Waals surface area contributed by atoms with Gasteiger partial charge in [0.25, 0.3) is 0 Å². The zero-order valence-electron chi connectivity index (χ0n) is 10.3. The minimum absolute atomic E-state index is 0.587. The number of aliphatic carboxylic acids is 1. The minimum Gasteiger partial charge on any atom is -0.481 e. The third-order valence-electron chi connectivity index (χ3n) is 2.48. The van der Waals surface area contributed by atoms with E-state index in [4.69, 9.17) is 9.84 Å². The molecule has 1 heterocycles. The fourth-order valence-electron chi connectivity index (χ4n) is 1.16. The number of nitrogens with one attached hydrogen (secondary N) is 1. The van der Waals surface area contributed by atoms with Gasteiger partial charge < -0.3 is 15.2 Å². The van der Waals surface area contributed by atoms with Gasteiger partial charge in [-0.1, -0.05) is 0 Å². The number of nitrogens with zero attached hydrogens (tertiary/aromatic N) is 1. The number of carboxylic acids is 1.